The van der Waals surface area contributed by atoms with E-state index in [1.165, 1.54) is 0 Å². The van der Waals surface area contributed by atoms with Crippen molar-refractivity contribution in [1.82, 2.24) is 30.9 Å². The van der Waals surface area contributed by atoms with Crippen LogP contribution in [0.3, 0.4) is 0 Å². The molecule has 0 amide bonds. The third-order valence-electron chi connectivity index (χ3n) is 2.33. The van der Waals surface area contributed by atoms with Gasteiger partial charge in [0.15, 0.2) is 5.82 Å². The predicted molar refractivity (Wildman–Crippen MR) is 61.0 cm³/mol. The van der Waals surface area contributed by atoms with Gasteiger partial charge in [-0.3, -0.25) is 5.32 Å². The van der Waals surface area contributed by atoms with Crippen molar-refractivity contribution in [2.24, 2.45) is 0 Å². The summed E-state index contributed by atoms with van der Waals surface area (Å²) >= 11 is 1.66. The van der Waals surface area contributed by atoms with Crippen molar-refractivity contribution in [3.8, 4) is 0 Å². The van der Waals surface area contributed by atoms with Crippen molar-refractivity contribution in [3.05, 3.63) is 21.9 Å². The number of rotatable bonds is 4. The number of hydrogen-bond donors (Lipinski definition) is 2. The number of nitrogens with one attached hydrogen (secondary N) is 2. The van der Waals surface area contributed by atoms with Gasteiger partial charge in [0.2, 0.25) is 0 Å². The Labute approximate surface area is 97.5 Å². The second kappa shape index (κ2) is 4.67. The summed E-state index contributed by atoms with van der Waals surface area (Å²) in [6.45, 7) is 6.08. The van der Waals surface area contributed by atoms with Crippen molar-refractivity contribution in [1.29, 1.82) is 0 Å². The summed E-state index contributed by atoms with van der Waals surface area (Å²) in [6, 6.07) is 0.231. The van der Waals surface area contributed by atoms with E-state index >= 15 is 0 Å². The number of hydrogen-bond acceptors (Lipinski definition) is 6. The topological polar surface area (TPSA) is 79.4 Å². The monoisotopic (exact) mass is 238 g/mol. The van der Waals surface area contributed by atoms with Crippen molar-refractivity contribution >= 4 is 11.3 Å². The van der Waals surface area contributed by atoms with Gasteiger partial charge >= 0.3 is 0 Å². The average molecular weight is 238 g/mol. The maximum Gasteiger partial charge on any atom is 0.191 e. The Bertz CT molecular complexity index is 437. The van der Waals surface area contributed by atoms with Crippen molar-refractivity contribution in [2.45, 2.75) is 32.9 Å². The summed E-state index contributed by atoms with van der Waals surface area (Å²) in [6.07, 6.45) is 0. The molecule has 0 spiro atoms. The highest BCUT2D eigenvalue weighted by molar-refractivity contribution is 7.09. The fourth-order valence-electron chi connectivity index (χ4n) is 1.47. The Hall–Kier alpha value is -1.34. The number of aromatic nitrogens is 5. The van der Waals surface area contributed by atoms with Crippen LogP contribution < -0.4 is 5.32 Å². The largest absolute Gasteiger partial charge is 0.299 e. The molecule has 0 aromatic carbocycles. The zero-order chi connectivity index (χ0) is 11.5. The molecule has 2 atom stereocenters. The summed E-state index contributed by atoms with van der Waals surface area (Å²) in [5, 5.41) is 20.4. The highest BCUT2D eigenvalue weighted by Crippen LogP contribution is 2.18. The first-order chi connectivity index (χ1) is 7.66. The summed E-state index contributed by atoms with van der Waals surface area (Å²) in [5.74, 6) is 0.666. The minimum absolute atomic E-state index is 0.0516. The zero-order valence-corrected chi connectivity index (χ0v) is 10.2. The zero-order valence-electron chi connectivity index (χ0n) is 9.43. The summed E-state index contributed by atoms with van der Waals surface area (Å²) in [4.78, 5) is 4.44. The number of tetrazole rings is 1. The van der Waals surface area contributed by atoms with Gasteiger partial charge in [0.1, 0.15) is 0 Å². The van der Waals surface area contributed by atoms with Gasteiger partial charge in [-0.15, -0.1) is 21.5 Å². The minimum Gasteiger partial charge on any atom is -0.299 e. The van der Waals surface area contributed by atoms with Crippen molar-refractivity contribution < 1.29 is 0 Å². The van der Waals surface area contributed by atoms with Crippen LogP contribution in [0.25, 0.3) is 0 Å². The molecule has 7 heteroatoms. The van der Waals surface area contributed by atoms with E-state index in [0.717, 1.165) is 10.7 Å². The molecule has 6 nitrogen and oxygen atoms in total. The summed E-state index contributed by atoms with van der Waals surface area (Å²) < 4.78 is 0. The lowest BCUT2D eigenvalue weighted by molar-refractivity contribution is 0.470. The number of aryl methyl sites for hydroxylation is 1. The Balaban J connectivity index is 2.00. The fraction of sp³-hybridized carbons (Fsp3) is 0.556. The first-order valence-corrected chi connectivity index (χ1v) is 5.96. The van der Waals surface area contributed by atoms with Gasteiger partial charge in [-0.25, -0.2) is 4.98 Å². The van der Waals surface area contributed by atoms with Gasteiger partial charge in [0, 0.05) is 11.4 Å². The maximum atomic E-state index is 4.44. The van der Waals surface area contributed by atoms with E-state index in [-0.39, 0.29) is 12.1 Å². The molecule has 0 saturated heterocycles. The maximum absolute atomic E-state index is 4.44. The van der Waals surface area contributed by atoms with E-state index in [2.05, 4.69) is 43.2 Å². The molecule has 86 valence electrons. The quantitative estimate of drug-likeness (QED) is 0.841. The molecule has 0 aliphatic carbocycles. The van der Waals surface area contributed by atoms with Gasteiger partial charge in [-0.2, -0.15) is 5.21 Å². The lowest BCUT2D eigenvalue weighted by Gasteiger charge is -2.15. The van der Waals surface area contributed by atoms with Crippen molar-refractivity contribution in [2.75, 3.05) is 0 Å². The van der Waals surface area contributed by atoms with Crippen LogP contribution in [0.4, 0.5) is 0 Å². The molecule has 16 heavy (non-hydrogen) atoms. The Morgan fingerprint density at radius 3 is 2.75 bits per heavy atom. The van der Waals surface area contributed by atoms with Crippen molar-refractivity contribution in [3.63, 3.8) is 0 Å². The minimum atomic E-state index is 0.0516. The third-order valence-corrected chi connectivity index (χ3v) is 3.12. The highest BCUT2D eigenvalue weighted by Gasteiger charge is 2.15. The summed E-state index contributed by atoms with van der Waals surface area (Å²) in [7, 11) is 0. The Morgan fingerprint density at radius 1 is 1.38 bits per heavy atom. The molecule has 0 fully saturated rings. The molecule has 2 unspecified atom stereocenters. The second-order valence-corrected chi connectivity index (χ2v) is 4.73. The molecule has 2 rings (SSSR count). The lowest BCUT2D eigenvalue weighted by atomic mass is 10.2. The fourth-order valence-corrected chi connectivity index (χ4v) is 2.17. The van der Waals surface area contributed by atoms with Crippen LogP contribution in [0.1, 0.15) is 42.5 Å². The van der Waals surface area contributed by atoms with Crippen LogP contribution in [0, 0.1) is 6.92 Å². The molecule has 0 bridgehead atoms. The van der Waals surface area contributed by atoms with Gasteiger partial charge in [0.05, 0.1) is 16.7 Å². The normalized spacial score (nSPS) is 14.9. The Kier molecular flexibility index (Phi) is 3.25. The summed E-state index contributed by atoms with van der Waals surface area (Å²) in [5.41, 5.74) is 1.05. The molecule has 2 heterocycles. The molecule has 2 aromatic heterocycles. The predicted octanol–water partition coefficient (Wildman–Crippen LogP) is 1.38. The van der Waals surface area contributed by atoms with Crippen LogP contribution in [0.2, 0.25) is 0 Å². The lowest BCUT2D eigenvalue weighted by Crippen LogP contribution is -2.23. The average Bonchev–Trinajstić information content (AvgIpc) is 2.87. The van der Waals surface area contributed by atoms with E-state index < -0.39 is 0 Å². The third kappa shape index (κ3) is 2.42. The second-order valence-electron chi connectivity index (χ2n) is 3.67. The standard InChI is InChI=1S/C9H14N6S/c1-5(8-4-16-7(3)11-8)10-6(2)9-12-14-15-13-9/h4-6,10H,1-3H3,(H,12,13,14,15). The van der Waals surface area contributed by atoms with Gasteiger partial charge in [-0.1, -0.05) is 5.21 Å². The van der Waals surface area contributed by atoms with E-state index in [1.54, 1.807) is 11.3 Å². The van der Waals surface area contributed by atoms with Gasteiger partial charge in [-0.05, 0) is 20.8 Å². The molecular formula is C9H14N6S. The van der Waals surface area contributed by atoms with Crippen LogP contribution in [0.5, 0.6) is 0 Å². The van der Waals surface area contributed by atoms with Gasteiger partial charge < -0.3 is 0 Å². The number of thiazole rings is 1. The number of aromatic amines is 1. The van der Waals surface area contributed by atoms with E-state index in [4.69, 9.17) is 0 Å². The van der Waals surface area contributed by atoms with Crippen LogP contribution >= 0.6 is 11.3 Å². The molecule has 0 aliphatic rings. The van der Waals surface area contributed by atoms with Crippen LogP contribution in [-0.2, 0) is 0 Å². The van der Waals surface area contributed by atoms with Gasteiger partial charge in [0.25, 0.3) is 0 Å². The van der Waals surface area contributed by atoms with E-state index in [1.807, 2.05) is 13.8 Å². The van der Waals surface area contributed by atoms with Crippen LogP contribution in [-0.4, -0.2) is 25.6 Å². The van der Waals surface area contributed by atoms with E-state index in [0.29, 0.717) is 5.82 Å². The number of H-pyrrole nitrogens is 1. The van der Waals surface area contributed by atoms with Crippen LogP contribution in [0.15, 0.2) is 5.38 Å². The smallest absolute Gasteiger partial charge is 0.191 e. The molecule has 0 saturated carbocycles. The SMILES string of the molecule is Cc1nc(C(C)NC(C)c2nn[nH]n2)cs1. The molecule has 2 aromatic rings. The first-order valence-electron chi connectivity index (χ1n) is 5.08. The van der Waals surface area contributed by atoms with E-state index in [9.17, 15) is 0 Å². The molecule has 0 radical (unpaired) electrons. The highest BCUT2D eigenvalue weighted by atomic mass is 32.1. The Morgan fingerprint density at radius 2 is 2.19 bits per heavy atom. The number of nitrogens with zero attached hydrogens (tertiary/aromatic N) is 4. The first kappa shape index (κ1) is 11.2. The molecule has 2 N–H and O–H groups in total. The molecular weight excluding hydrogens is 224 g/mol. The molecule has 0 aliphatic heterocycles.